The molecular weight excluding hydrogens is 280 g/mol. The van der Waals surface area contributed by atoms with Crippen LogP contribution in [-0.4, -0.2) is 35.3 Å². The van der Waals surface area contributed by atoms with Gasteiger partial charge in [-0.25, -0.2) is 22.8 Å². The van der Waals surface area contributed by atoms with E-state index in [2.05, 4.69) is 10.1 Å². The van der Waals surface area contributed by atoms with Crippen LogP contribution in [0.3, 0.4) is 0 Å². The van der Waals surface area contributed by atoms with Crippen LogP contribution in [-0.2, 0) is 10.0 Å². The molecule has 8 heteroatoms. The molecule has 7 nitrogen and oxygen atoms in total. The van der Waals surface area contributed by atoms with Crippen molar-refractivity contribution in [2.45, 2.75) is 26.8 Å². The van der Waals surface area contributed by atoms with Crippen molar-refractivity contribution in [3.63, 3.8) is 0 Å². The molecule has 0 spiro atoms. The van der Waals surface area contributed by atoms with Crippen molar-refractivity contribution in [1.29, 1.82) is 0 Å². The number of rotatable bonds is 3. The SMILES string of the molecule is Cc1nc2c(cnn2C(C)C)cc1C(=O)NS(C)(=O)=O. The van der Waals surface area contributed by atoms with Gasteiger partial charge in [-0.2, -0.15) is 5.10 Å². The second-order valence-corrected chi connectivity index (χ2v) is 6.67. The van der Waals surface area contributed by atoms with Gasteiger partial charge in [0.2, 0.25) is 10.0 Å². The fraction of sp³-hybridized carbons (Fsp3) is 0.417. The molecular formula is C12H16N4O3S. The third-order valence-electron chi connectivity index (χ3n) is 2.77. The summed E-state index contributed by atoms with van der Waals surface area (Å²) in [6, 6.07) is 1.75. The summed E-state index contributed by atoms with van der Waals surface area (Å²) in [5.41, 5.74) is 1.36. The van der Waals surface area contributed by atoms with Gasteiger partial charge in [0.1, 0.15) is 0 Å². The summed E-state index contributed by atoms with van der Waals surface area (Å²) in [7, 11) is -3.60. The Balaban J connectivity index is 2.52. The molecule has 0 saturated carbocycles. The summed E-state index contributed by atoms with van der Waals surface area (Å²) >= 11 is 0. The molecule has 2 rings (SSSR count). The molecule has 0 aromatic carbocycles. The summed E-state index contributed by atoms with van der Waals surface area (Å²) in [6.07, 6.45) is 2.54. The first kappa shape index (κ1) is 14.4. The van der Waals surface area contributed by atoms with E-state index in [1.54, 1.807) is 23.9 Å². The maximum Gasteiger partial charge on any atom is 0.266 e. The van der Waals surface area contributed by atoms with E-state index in [0.717, 1.165) is 6.26 Å². The van der Waals surface area contributed by atoms with Crippen LogP contribution in [0, 0.1) is 6.92 Å². The number of nitrogens with one attached hydrogen (secondary N) is 1. The smallest absolute Gasteiger partial charge is 0.266 e. The number of sulfonamides is 1. The van der Waals surface area contributed by atoms with Gasteiger partial charge in [0.05, 0.1) is 23.7 Å². The molecule has 0 fully saturated rings. The third kappa shape index (κ3) is 2.79. The van der Waals surface area contributed by atoms with E-state index in [9.17, 15) is 13.2 Å². The van der Waals surface area contributed by atoms with Gasteiger partial charge in [-0.3, -0.25) is 4.79 Å². The van der Waals surface area contributed by atoms with Gasteiger partial charge in [-0.05, 0) is 26.8 Å². The summed E-state index contributed by atoms with van der Waals surface area (Å²) in [6.45, 7) is 5.62. The maximum atomic E-state index is 11.9. The minimum atomic E-state index is -3.60. The van der Waals surface area contributed by atoms with Crippen molar-refractivity contribution in [2.75, 3.05) is 6.26 Å². The number of carbonyl (C=O) groups excluding carboxylic acids is 1. The zero-order valence-electron chi connectivity index (χ0n) is 11.7. The van der Waals surface area contributed by atoms with Gasteiger partial charge in [-0.15, -0.1) is 0 Å². The first-order chi connectivity index (χ1) is 9.19. The average molecular weight is 296 g/mol. The number of nitrogens with zero attached hydrogens (tertiary/aromatic N) is 3. The fourth-order valence-corrected chi connectivity index (χ4v) is 2.34. The lowest BCUT2D eigenvalue weighted by molar-refractivity contribution is 0.0981. The van der Waals surface area contributed by atoms with Gasteiger partial charge in [0.15, 0.2) is 5.65 Å². The Morgan fingerprint density at radius 1 is 1.40 bits per heavy atom. The first-order valence-electron chi connectivity index (χ1n) is 6.06. The second kappa shape index (κ2) is 4.86. The van der Waals surface area contributed by atoms with E-state index in [-0.39, 0.29) is 11.6 Å². The Labute approximate surface area is 117 Å². The number of hydrogen-bond acceptors (Lipinski definition) is 5. The number of carbonyl (C=O) groups is 1. The maximum absolute atomic E-state index is 11.9. The number of aromatic nitrogens is 3. The van der Waals surface area contributed by atoms with Gasteiger partial charge in [0.25, 0.3) is 5.91 Å². The van der Waals surface area contributed by atoms with E-state index in [4.69, 9.17) is 0 Å². The number of amides is 1. The van der Waals surface area contributed by atoms with E-state index < -0.39 is 15.9 Å². The molecule has 0 aliphatic carbocycles. The molecule has 1 amide bonds. The minimum Gasteiger partial charge on any atom is -0.268 e. The van der Waals surface area contributed by atoms with E-state index in [1.165, 1.54) is 0 Å². The van der Waals surface area contributed by atoms with Gasteiger partial charge < -0.3 is 0 Å². The fourth-order valence-electron chi connectivity index (χ4n) is 1.90. The second-order valence-electron chi connectivity index (χ2n) is 4.92. The lowest BCUT2D eigenvalue weighted by Crippen LogP contribution is -2.30. The molecule has 0 aliphatic rings. The van der Waals surface area contributed by atoms with Crippen molar-refractivity contribution in [2.24, 2.45) is 0 Å². The van der Waals surface area contributed by atoms with Crippen LogP contribution in [0.25, 0.3) is 11.0 Å². The number of pyridine rings is 1. The molecule has 20 heavy (non-hydrogen) atoms. The van der Waals surface area contributed by atoms with E-state index in [1.807, 2.05) is 18.6 Å². The molecule has 0 radical (unpaired) electrons. The van der Waals surface area contributed by atoms with Gasteiger partial charge in [0, 0.05) is 11.4 Å². The normalized spacial score (nSPS) is 12.1. The van der Waals surface area contributed by atoms with E-state index in [0.29, 0.717) is 16.7 Å². The Kier molecular flexibility index (Phi) is 3.51. The van der Waals surface area contributed by atoms with Crippen LogP contribution < -0.4 is 4.72 Å². The minimum absolute atomic E-state index is 0.148. The number of fused-ring (bicyclic) bond motifs is 1. The van der Waals surface area contributed by atoms with Crippen molar-refractivity contribution in [1.82, 2.24) is 19.5 Å². The van der Waals surface area contributed by atoms with Crippen molar-refractivity contribution in [3.8, 4) is 0 Å². The summed E-state index contributed by atoms with van der Waals surface area (Å²) in [5.74, 6) is -0.684. The molecule has 2 heterocycles. The monoisotopic (exact) mass is 296 g/mol. The third-order valence-corrected chi connectivity index (χ3v) is 3.33. The predicted octanol–water partition coefficient (Wildman–Crippen LogP) is 1.01. The van der Waals surface area contributed by atoms with Crippen LogP contribution in [0.4, 0.5) is 0 Å². The molecule has 0 bridgehead atoms. The largest absolute Gasteiger partial charge is 0.268 e. The molecule has 0 saturated heterocycles. The molecule has 2 aromatic rings. The van der Waals surface area contributed by atoms with E-state index >= 15 is 0 Å². The van der Waals surface area contributed by atoms with Crippen molar-refractivity contribution < 1.29 is 13.2 Å². The molecule has 108 valence electrons. The predicted molar refractivity (Wildman–Crippen MR) is 75.0 cm³/mol. The highest BCUT2D eigenvalue weighted by atomic mass is 32.2. The lowest BCUT2D eigenvalue weighted by Gasteiger charge is -2.09. The highest BCUT2D eigenvalue weighted by Crippen LogP contribution is 2.19. The highest BCUT2D eigenvalue weighted by molar-refractivity contribution is 7.89. The lowest BCUT2D eigenvalue weighted by atomic mass is 10.1. The first-order valence-corrected chi connectivity index (χ1v) is 7.95. The number of aryl methyl sites for hydroxylation is 1. The zero-order chi connectivity index (χ0) is 15.1. The van der Waals surface area contributed by atoms with Gasteiger partial charge >= 0.3 is 0 Å². The van der Waals surface area contributed by atoms with Crippen LogP contribution in [0.15, 0.2) is 12.3 Å². The molecule has 0 aliphatic heterocycles. The Morgan fingerprint density at radius 3 is 2.60 bits per heavy atom. The average Bonchev–Trinajstić information content (AvgIpc) is 2.68. The van der Waals surface area contributed by atoms with Crippen molar-refractivity contribution in [3.05, 3.63) is 23.5 Å². The molecule has 1 N–H and O–H groups in total. The number of hydrogen-bond donors (Lipinski definition) is 1. The Hall–Kier alpha value is -1.96. The van der Waals surface area contributed by atoms with Gasteiger partial charge in [-0.1, -0.05) is 0 Å². The molecule has 2 aromatic heterocycles. The summed E-state index contributed by atoms with van der Waals surface area (Å²) in [4.78, 5) is 16.3. The Morgan fingerprint density at radius 2 is 2.05 bits per heavy atom. The van der Waals surface area contributed by atoms with Crippen molar-refractivity contribution >= 4 is 27.0 Å². The summed E-state index contributed by atoms with van der Waals surface area (Å²) < 4.78 is 25.9. The highest BCUT2D eigenvalue weighted by Gasteiger charge is 2.17. The van der Waals surface area contributed by atoms with Crippen LogP contribution >= 0.6 is 0 Å². The van der Waals surface area contributed by atoms with Crippen LogP contribution in [0.2, 0.25) is 0 Å². The summed E-state index contributed by atoms with van der Waals surface area (Å²) in [5, 5.41) is 4.91. The van der Waals surface area contributed by atoms with Crippen LogP contribution in [0.1, 0.15) is 35.9 Å². The topological polar surface area (TPSA) is 93.9 Å². The standard InChI is InChI=1S/C12H16N4O3S/c1-7(2)16-11-9(6-13-16)5-10(8(3)14-11)12(17)15-20(4,18)19/h5-7H,1-4H3,(H,15,17). The van der Waals surface area contributed by atoms with Crippen LogP contribution in [0.5, 0.6) is 0 Å². The quantitative estimate of drug-likeness (QED) is 0.912. The molecule has 0 unspecified atom stereocenters. The zero-order valence-corrected chi connectivity index (χ0v) is 12.5. The Bertz CT molecular complexity index is 777. The molecule has 0 atom stereocenters.